The van der Waals surface area contributed by atoms with E-state index in [1.54, 1.807) is 4.52 Å². The number of amides is 1. The molecule has 0 atom stereocenters. The highest BCUT2D eigenvalue weighted by Gasteiger charge is 2.15. The fraction of sp³-hybridized carbons (Fsp3) is 0.400. The average molecular weight is 381 g/mol. The number of rotatable bonds is 9. The Labute approximate surface area is 164 Å². The Balaban J connectivity index is 1.78. The highest BCUT2D eigenvalue weighted by molar-refractivity contribution is 5.72. The Morgan fingerprint density at radius 2 is 1.89 bits per heavy atom. The molecule has 148 valence electrons. The Kier molecular flexibility index (Phi) is 6.41. The van der Waals surface area contributed by atoms with E-state index in [0.29, 0.717) is 25.3 Å². The Bertz CT molecular complexity index is 921. The molecule has 0 fully saturated rings. The zero-order chi connectivity index (χ0) is 19.9. The van der Waals surface area contributed by atoms with Crippen LogP contribution in [-0.2, 0) is 11.3 Å². The molecule has 1 aromatic carbocycles. The number of benzene rings is 1. The zero-order valence-electron chi connectivity index (χ0n) is 16.6. The van der Waals surface area contributed by atoms with Crippen molar-refractivity contribution in [3.05, 3.63) is 47.8 Å². The smallest absolute Gasteiger partial charge is 0.216 e. The molecule has 8 heteroatoms. The standard InChI is InChI=1S/C20H27N7O/c1-14(2)19-24-25-20-17(23-13-16-8-5-4-6-9-16)12-18(26-27(19)20)22-11-7-10-21-15(3)28/h4-6,8-9,12,14,23H,7,10-11,13H2,1-3H3,(H,21,28)(H,22,26). The number of carbonyl (C=O) groups excluding carboxylic acids is 1. The molecule has 2 heterocycles. The first kappa shape index (κ1) is 19.6. The van der Waals surface area contributed by atoms with E-state index in [4.69, 9.17) is 0 Å². The van der Waals surface area contributed by atoms with E-state index in [0.717, 1.165) is 23.8 Å². The van der Waals surface area contributed by atoms with Crippen molar-refractivity contribution < 1.29 is 4.79 Å². The Morgan fingerprint density at radius 1 is 1.11 bits per heavy atom. The van der Waals surface area contributed by atoms with Gasteiger partial charge in [0.05, 0.1) is 5.69 Å². The maximum atomic E-state index is 11.0. The van der Waals surface area contributed by atoms with E-state index < -0.39 is 0 Å². The fourth-order valence-electron chi connectivity index (χ4n) is 2.84. The van der Waals surface area contributed by atoms with Crippen LogP contribution in [0.3, 0.4) is 0 Å². The number of fused-ring (bicyclic) bond motifs is 1. The molecule has 2 aromatic heterocycles. The van der Waals surface area contributed by atoms with Crippen LogP contribution in [0.15, 0.2) is 36.4 Å². The molecule has 8 nitrogen and oxygen atoms in total. The van der Waals surface area contributed by atoms with Crippen molar-refractivity contribution in [2.75, 3.05) is 23.7 Å². The molecule has 0 saturated carbocycles. The molecule has 0 bridgehead atoms. The number of nitrogens with one attached hydrogen (secondary N) is 3. The molecule has 0 aliphatic heterocycles. The quantitative estimate of drug-likeness (QED) is 0.493. The molecular formula is C20H27N7O. The number of nitrogens with zero attached hydrogens (tertiary/aromatic N) is 4. The molecule has 3 aromatic rings. The maximum Gasteiger partial charge on any atom is 0.216 e. The summed E-state index contributed by atoms with van der Waals surface area (Å²) in [6, 6.07) is 12.2. The summed E-state index contributed by atoms with van der Waals surface area (Å²) in [5.74, 6) is 1.75. The highest BCUT2D eigenvalue weighted by atomic mass is 16.1. The van der Waals surface area contributed by atoms with Gasteiger partial charge < -0.3 is 16.0 Å². The van der Waals surface area contributed by atoms with Crippen molar-refractivity contribution >= 4 is 23.1 Å². The first-order chi connectivity index (χ1) is 13.5. The summed E-state index contributed by atoms with van der Waals surface area (Å²) in [6.07, 6.45) is 0.811. The van der Waals surface area contributed by atoms with Crippen molar-refractivity contribution in [3.8, 4) is 0 Å². The van der Waals surface area contributed by atoms with E-state index in [1.165, 1.54) is 12.5 Å². The minimum atomic E-state index is -0.0157. The summed E-state index contributed by atoms with van der Waals surface area (Å²) in [4.78, 5) is 11.0. The molecule has 3 N–H and O–H groups in total. The monoisotopic (exact) mass is 381 g/mol. The normalized spacial score (nSPS) is 11.0. The summed E-state index contributed by atoms with van der Waals surface area (Å²) in [6.45, 7) is 7.69. The van der Waals surface area contributed by atoms with Gasteiger partial charge in [0.1, 0.15) is 5.82 Å². The van der Waals surface area contributed by atoms with Gasteiger partial charge in [0.25, 0.3) is 0 Å². The topological polar surface area (TPSA) is 96.2 Å². The number of hydrogen-bond donors (Lipinski definition) is 3. The minimum Gasteiger partial charge on any atom is -0.378 e. The van der Waals surface area contributed by atoms with Gasteiger partial charge >= 0.3 is 0 Å². The van der Waals surface area contributed by atoms with E-state index >= 15 is 0 Å². The minimum absolute atomic E-state index is 0.0157. The number of carbonyl (C=O) groups is 1. The van der Waals surface area contributed by atoms with Gasteiger partial charge in [-0.25, -0.2) is 0 Å². The maximum absolute atomic E-state index is 11.0. The summed E-state index contributed by atoms with van der Waals surface area (Å²) < 4.78 is 1.80. The lowest BCUT2D eigenvalue weighted by atomic mass is 10.2. The Morgan fingerprint density at radius 3 is 2.61 bits per heavy atom. The molecule has 3 rings (SSSR count). The lowest BCUT2D eigenvalue weighted by Gasteiger charge is -2.12. The average Bonchev–Trinajstić information content (AvgIpc) is 3.11. The number of hydrogen-bond acceptors (Lipinski definition) is 6. The molecule has 0 aliphatic carbocycles. The van der Waals surface area contributed by atoms with Gasteiger partial charge in [-0.05, 0) is 12.0 Å². The van der Waals surface area contributed by atoms with Crippen LogP contribution in [0.2, 0.25) is 0 Å². The van der Waals surface area contributed by atoms with Crippen LogP contribution in [0, 0.1) is 0 Å². The SMILES string of the molecule is CC(=O)NCCCNc1cc(NCc2ccccc2)c2nnc(C(C)C)n2n1. The van der Waals surface area contributed by atoms with Crippen molar-refractivity contribution in [2.24, 2.45) is 0 Å². The van der Waals surface area contributed by atoms with E-state index in [2.05, 4.69) is 57.2 Å². The van der Waals surface area contributed by atoms with Crippen molar-refractivity contribution in [1.29, 1.82) is 0 Å². The van der Waals surface area contributed by atoms with Crippen LogP contribution in [0.4, 0.5) is 11.5 Å². The molecule has 0 unspecified atom stereocenters. The first-order valence-electron chi connectivity index (χ1n) is 9.57. The van der Waals surface area contributed by atoms with Crippen molar-refractivity contribution in [2.45, 2.75) is 39.7 Å². The van der Waals surface area contributed by atoms with Crippen LogP contribution in [0.5, 0.6) is 0 Å². The van der Waals surface area contributed by atoms with Crippen LogP contribution < -0.4 is 16.0 Å². The van der Waals surface area contributed by atoms with Gasteiger partial charge in [-0.15, -0.1) is 15.3 Å². The van der Waals surface area contributed by atoms with E-state index in [-0.39, 0.29) is 11.8 Å². The summed E-state index contributed by atoms with van der Waals surface area (Å²) in [7, 11) is 0. The molecule has 1 amide bonds. The van der Waals surface area contributed by atoms with Gasteiger partial charge in [0.15, 0.2) is 5.82 Å². The van der Waals surface area contributed by atoms with Crippen LogP contribution >= 0.6 is 0 Å². The van der Waals surface area contributed by atoms with Crippen LogP contribution in [0.25, 0.3) is 5.65 Å². The third-order valence-corrected chi connectivity index (χ3v) is 4.27. The van der Waals surface area contributed by atoms with Gasteiger partial charge in [-0.1, -0.05) is 44.2 Å². The van der Waals surface area contributed by atoms with Gasteiger partial charge in [0, 0.05) is 38.5 Å². The van der Waals surface area contributed by atoms with Crippen LogP contribution in [-0.4, -0.2) is 38.8 Å². The van der Waals surface area contributed by atoms with Crippen LogP contribution in [0.1, 0.15) is 44.5 Å². The van der Waals surface area contributed by atoms with Gasteiger partial charge in [-0.2, -0.15) is 4.52 Å². The van der Waals surface area contributed by atoms with Crippen molar-refractivity contribution in [3.63, 3.8) is 0 Å². The second-order valence-corrected chi connectivity index (χ2v) is 6.99. The summed E-state index contributed by atoms with van der Waals surface area (Å²) in [5.41, 5.74) is 2.77. The van der Waals surface area contributed by atoms with E-state index in [9.17, 15) is 4.79 Å². The molecule has 0 spiro atoms. The third kappa shape index (κ3) is 4.97. The Hall–Kier alpha value is -3.16. The number of anilines is 2. The van der Waals surface area contributed by atoms with Crippen molar-refractivity contribution in [1.82, 2.24) is 25.1 Å². The summed E-state index contributed by atoms with van der Waals surface area (Å²) >= 11 is 0. The fourth-order valence-corrected chi connectivity index (χ4v) is 2.84. The second-order valence-electron chi connectivity index (χ2n) is 6.99. The van der Waals surface area contributed by atoms with E-state index in [1.807, 2.05) is 24.3 Å². The molecular weight excluding hydrogens is 354 g/mol. The highest BCUT2D eigenvalue weighted by Crippen LogP contribution is 2.22. The molecule has 0 radical (unpaired) electrons. The van der Waals surface area contributed by atoms with Gasteiger partial charge in [0.2, 0.25) is 11.6 Å². The lowest BCUT2D eigenvalue weighted by Crippen LogP contribution is -2.23. The molecule has 0 aliphatic rings. The zero-order valence-corrected chi connectivity index (χ0v) is 16.6. The predicted molar refractivity (Wildman–Crippen MR) is 110 cm³/mol. The van der Waals surface area contributed by atoms with Gasteiger partial charge in [-0.3, -0.25) is 4.79 Å². The number of aromatic nitrogens is 4. The first-order valence-corrected chi connectivity index (χ1v) is 9.57. The lowest BCUT2D eigenvalue weighted by molar-refractivity contribution is -0.118. The second kappa shape index (κ2) is 9.16. The molecule has 28 heavy (non-hydrogen) atoms. The largest absolute Gasteiger partial charge is 0.378 e. The summed E-state index contributed by atoms with van der Waals surface area (Å²) in [5, 5.41) is 22.9. The molecule has 0 saturated heterocycles. The predicted octanol–water partition coefficient (Wildman–Crippen LogP) is 2.80. The third-order valence-electron chi connectivity index (χ3n) is 4.27.